The molecule has 5 heteroatoms. The third-order valence-electron chi connectivity index (χ3n) is 2.06. The van der Waals surface area contributed by atoms with Crippen molar-refractivity contribution in [3.05, 3.63) is 18.1 Å². The number of aromatic nitrogens is 2. The largest absolute Gasteiger partial charge is 0.372 e. The average molecular weight is 209 g/mol. The molecule has 0 spiro atoms. The van der Waals surface area contributed by atoms with Crippen LogP contribution in [0.2, 0.25) is 0 Å². The summed E-state index contributed by atoms with van der Waals surface area (Å²) in [5, 5.41) is 2.65. The molecule has 15 heavy (non-hydrogen) atoms. The zero-order valence-electron chi connectivity index (χ0n) is 9.15. The second-order valence-corrected chi connectivity index (χ2v) is 3.12. The van der Waals surface area contributed by atoms with Gasteiger partial charge in [0.2, 0.25) is 0 Å². The second kappa shape index (κ2) is 5.41. The minimum atomic E-state index is -0.481. The number of anilines is 1. The normalized spacial score (nSPS) is 12.2. The Hall–Kier alpha value is -1.49. The first-order valence-electron chi connectivity index (χ1n) is 4.82. The molecule has 0 aliphatic heterocycles. The predicted molar refractivity (Wildman–Crippen MR) is 56.5 cm³/mol. The summed E-state index contributed by atoms with van der Waals surface area (Å²) >= 11 is 0. The SMILES string of the molecule is CCc1cc(NC(=O)C(C)OC)ncn1. The van der Waals surface area contributed by atoms with Crippen LogP contribution in [0.5, 0.6) is 0 Å². The number of hydrogen-bond acceptors (Lipinski definition) is 4. The van der Waals surface area contributed by atoms with Gasteiger partial charge in [0, 0.05) is 18.9 Å². The van der Waals surface area contributed by atoms with Crippen LogP contribution in [0.25, 0.3) is 0 Å². The number of nitrogens with zero attached hydrogens (tertiary/aromatic N) is 2. The Balaban J connectivity index is 2.68. The molecule has 1 heterocycles. The Morgan fingerprint density at radius 2 is 2.33 bits per heavy atom. The number of aryl methyl sites for hydroxylation is 1. The zero-order valence-corrected chi connectivity index (χ0v) is 9.15. The molecular weight excluding hydrogens is 194 g/mol. The van der Waals surface area contributed by atoms with Gasteiger partial charge in [-0.15, -0.1) is 0 Å². The summed E-state index contributed by atoms with van der Waals surface area (Å²) in [6, 6.07) is 1.75. The number of carbonyl (C=O) groups is 1. The molecule has 5 nitrogen and oxygen atoms in total. The quantitative estimate of drug-likeness (QED) is 0.803. The monoisotopic (exact) mass is 209 g/mol. The van der Waals surface area contributed by atoms with Crippen molar-refractivity contribution >= 4 is 11.7 Å². The predicted octanol–water partition coefficient (Wildman–Crippen LogP) is 1.01. The van der Waals surface area contributed by atoms with E-state index in [1.807, 2.05) is 6.92 Å². The lowest BCUT2D eigenvalue weighted by molar-refractivity contribution is -0.124. The molecule has 1 aromatic rings. The van der Waals surface area contributed by atoms with Crippen molar-refractivity contribution in [2.75, 3.05) is 12.4 Å². The number of hydrogen-bond donors (Lipinski definition) is 1. The maximum Gasteiger partial charge on any atom is 0.254 e. The van der Waals surface area contributed by atoms with Gasteiger partial charge in [0.15, 0.2) is 0 Å². The maximum atomic E-state index is 11.4. The molecule has 1 rings (SSSR count). The molecule has 82 valence electrons. The molecule has 1 atom stereocenters. The van der Waals surface area contributed by atoms with Crippen LogP contribution in [0.15, 0.2) is 12.4 Å². The molecule has 0 aromatic carbocycles. The van der Waals surface area contributed by atoms with Gasteiger partial charge < -0.3 is 10.1 Å². The molecule has 0 aliphatic rings. The Bertz CT molecular complexity index is 341. The summed E-state index contributed by atoms with van der Waals surface area (Å²) in [6.45, 7) is 3.67. The van der Waals surface area contributed by atoms with Crippen LogP contribution in [0, 0.1) is 0 Å². The maximum absolute atomic E-state index is 11.4. The summed E-state index contributed by atoms with van der Waals surface area (Å²) in [5.41, 5.74) is 0.894. The van der Waals surface area contributed by atoms with E-state index >= 15 is 0 Å². The fraction of sp³-hybridized carbons (Fsp3) is 0.500. The third kappa shape index (κ3) is 3.28. The number of rotatable bonds is 4. The Kier molecular flexibility index (Phi) is 4.17. The molecular formula is C10H15N3O2. The summed E-state index contributed by atoms with van der Waals surface area (Å²) in [7, 11) is 1.49. The lowest BCUT2D eigenvalue weighted by atomic mass is 10.3. The molecule has 1 unspecified atom stereocenters. The van der Waals surface area contributed by atoms with E-state index in [2.05, 4.69) is 15.3 Å². The minimum Gasteiger partial charge on any atom is -0.372 e. The van der Waals surface area contributed by atoms with E-state index in [0.29, 0.717) is 5.82 Å². The van der Waals surface area contributed by atoms with Crippen LogP contribution in [-0.4, -0.2) is 29.1 Å². The highest BCUT2D eigenvalue weighted by Crippen LogP contribution is 2.05. The first kappa shape index (κ1) is 11.6. The second-order valence-electron chi connectivity index (χ2n) is 3.12. The summed E-state index contributed by atoms with van der Waals surface area (Å²) in [4.78, 5) is 19.4. The van der Waals surface area contributed by atoms with Crippen molar-refractivity contribution in [2.24, 2.45) is 0 Å². The molecule has 0 saturated carbocycles. The van der Waals surface area contributed by atoms with E-state index in [1.54, 1.807) is 13.0 Å². The van der Waals surface area contributed by atoms with Gasteiger partial charge in [0.25, 0.3) is 5.91 Å². The van der Waals surface area contributed by atoms with E-state index in [9.17, 15) is 4.79 Å². The first-order chi connectivity index (χ1) is 7.17. The van der Waals surface area contributed by atoms with Gasteiger partial charge in [-0.2, -0.15) is 0 Å². The number of carbonyl (C=O) groups excluding carboxylic acids is 1. The fourth-order valence-electron chi connectivity index (χ4n) is 0.994. The van der Waals surface area contributed by atoms with Crippen LogP contribution < -0.4 is 5.32 Å². The molecule has 0 aliphatic carbocycles. The van der Waals surface area contributed by atoms with Crippen molar-refractivity contribution in [1.29, 1.82) is 0 Å². The fourth-order valence-corrected chi connectivity index (χ4v) is 0.994. The van der Waals surface area contributed by atoms with E-state index in [4.69, 9.17) is 4.74 Å². The van der Waals surface area contributed by atoms with Crippen LogP contribution in [0.4, 0.5) is 5.82 Å². The standard InChI is InChI=1S/C10H15N3O2/c1-4-8-5-9(12-6-11-8)13-10(14)7(2)15-3/h5-7H,4H2,1-3H3,(H,11,12,13,14). The van der Waals surface area contributed by atoms with Crippen LogP contribution in [-0.2, 0) is 16.0 Å². The molecule has 0 fully saturated rings. The minimum absolute atomic E-state index is 0.210. The van der Waals surface area contributed by atoms with Crippen molar-refractivity contribution in [3.8, 4) is 0 Å². The lowest BCUT2D eigenvalue weighted by Crippen LogP contribution is -2.27. The van der Waals surface area contributed by atoms with Crippen molar-refractivity contribution in [1.82, 2.24) is 9.97 Å². The Labute approximate surface area is 88.9 Å². The van der Waals surface area contributed by atoms with E-state index in [0.717, 1.165) is 12.1 Å². The third-order valence-corrected chi connectivity index (χ3v) is 2.06. The van der Waals surface area contributed by atoms with Crippen LogP contribution in [0.1, 0.15) is 19.5 Å². The Morgan fingerprint density at radius 1 is 1.60 bits per heavy atom. The zero-order chi connectivity index (χ0) is 11.3. The Morgan fingerprint density at radius 3 is 2.93 bits per heavy atom. The molecule has 1 N–H and O–H groups in total. The van der Waals surface area contributed by atoms with E-state index in [1.165, 1.54) is 13.4 Å². The number of amides is 1. The lowest BCUT2D eigenvalue weighted by Gasteiger charge is -2.09. The van der Waals surface area contributed by atoms with Gasteiger partial charge in [-0.3, -0.25) is 4.79 Å². The summed E-state index contributed by atoms with van der Waals surface area (Å²) in [6.07, 6.45) is 1.77. The number of ether oxygens (including phenoxy) is 1. The van der Waals surface area contributed by atoms with Gasteiger partial charge in [-0.25, -0.2) is 9.97 Å². The highest BCUT2D eigenvalue weighted by molar-refractivity contribution is 5.93. The topological polar surface area (TPSA) is 64.1 Å². The van der Waals surface area contributed by atoms with E-state index in [-0.39, 0.29) is 5.91 Å². The van der Waals surface area contributed by atoms with Crippen LogP contribution in [0.3, 0.4) is 0 Å². The highest BCUT2D eigenvalue weighted by Gasteiger charge is 2.12. The smallest absolute Gasteiger partial charge is 0.254 e. The number of nitrogens with one attached hydrogen (secondary N) is 1. The van der Waals surface area contributed by atoms with Crippen molar-refractivity contribution in [2.45, 2.75) is 26.4 Å². The number of methoxy groups -OCH3 is 1. The molecule has 0 radical (unpaired) electrons. The molecule has 1 amide bonds. The van der Waals surface area contributed by atoms with Gasteiger partial charge in [-0.1, -0.05) is 6.92 Å². The van der Waals surface area contributed by atoms with E-state index < -0.39 is 6.10 Å². The van der Waals surface area contributed by atoms with Crippen molar-refractivity contribution in [3.63, 3.8) is 0 Å². The van der Waals surface area contributed by atoms with Gasteiger partial charge in [-0.05, 0) is 13.3 Å². The van der Waals surface area contributed by atoms with Crippen molar-refractivity contribution < 1.29 is 9.53 Å². The highest BCUT2D eigenvalue weighted by atomic mass is 16.5. The van der Waals surface area contributed by atoms with Gasteiger partial charge in [0.1, 0.15) is 18.2 Å². The molecule has 0 saturated heterocycles. The summed E-state index contributed by atoms with van der Waals surface area (Å²) in [5.74, 6) is 0.300. The molecule has 0 bridgehead atoms. The first-order valence-corrected chi connectivity index (χ1v) is 4.82. The molecule has 1 aromatic heterocycles. The van der Waals surface area contributed by atoms with Crippen LogP contribution >= 0.6 is 0 Å². The summed E-state index contributed by atoms with van der Waals surface area (Å²) < 4.78 is 4.89. The average Bonchev–Trinajstić information content (AvgIpc) is 2.28. The van der Waals surface area contributed by atoms with Gasteiger partial charge in [0.05, 0.1) is 0 Å². The van der Waals surface area contributed by atoms with Gasteiger partial charge >= 0.3 is 0 Å².